The number of hydrogen-bond donors (Lipinski definition) is 0. The highest BCUT2D eigenvalue weighted by molar-refractivity contribution is 7.86. The van der Waals surface area contributed by atoms with Crippen molar-refractivity contribution in [1.29, 1.82) is 0 Å². The minimum Gasteiger partial charge on any atom is -0.256 e. The van der Waals surface area contributed by atoms with Crippen LogP contribution in [0.2, 0.25) is 0 Å². The monoisotopic (exact) mass is 306 g/mol. The Balaban J connectivity index is 2.19. The first-order valence-corrected chi connectivity index (χ1v) is 8.50. The lowest BCUT2D eigenvalue weighted by molar-refractivity contribution is 0.126. The summed E-state index contributed by atoms with van der Waals surface area (Å²) in [5, 5.41) is 0. The molecule has 1 aromatic carbocycles. The molecule has 4 heteroatoms. The highest BCUT2D eigenvalue weighted by Gasteiger charge is 2.33. The van der Waals surface area contributed by atoms with E-state index in [0.29, 0.717) is 12.3 Å². The summed E-state index contributed by atoms with van der Waals surface area (Å²) in [7, 11) is -3.75. The second-order valence-corrected chi connectivity index (χ2v) is 7.56. The van der Waals surface area contributed by atoms with Crippen molar-refractivity contribution in [2.75, 3.05) is 0 Å². The Kier molecular flexibility index (Phi) is 4.40. The molecule has 1 unspecified atom stereocenters. The van der Waals surface area contributed by atoms with E-state index in [-0.39, 0.29) is 4.90 Å². The molecule has 0 aromatic heterocycles. The van der Waals surface area contributed by atoms with E-state index in [1.54, 1.807) is 24.3 Å². The molecule has 1 aromatic rings. The van der Waals surface area contributed by atoms with Crippen LogP contribution in [0.3, 0.4) is 0 Å². The van der Waals surface area contributed by atoms with Crippen LogP contribution in [0.25, 0.3) is 0 Å². The van der Waals surface area contributed by atoms with Crippen LogP contribution >= 0.6 is 0 Å². The van der Waals surface area contributed by atoms with E-state index in [1.807, 2.05) is 32.9 Å². The Morgan fingerprint density at radius 1 is 1.33 bits per heavy atom. The predicted octanol–water partition coefficient (Wildman–Crippen LogP) is 4.00. The van der Waals surface area contributed by atoms with Crippen LogP contribution in [0.15, 0.2) is 53.5 Å². The maximum atomic E-state index is 12.4. The zero-order valence-electron chi connectivity index (χ0n) is 12.8. The van der Waals surface area contributed by atoms with Gasteiger partial charge in [-0.15, -0.1) is 0 Å². The van der Waals surface area contributed by atoms with Gasteiger partial charge in [0.15, 0.2) is 0 Å². The Hall–Kier alpha value is -1.39. The van der Waals surface area contributed by atoms with Crippen molar-refractivity contribution in [1.82, 2.24) is 0 Å². The fourth-order valence-corrected chi connectivity index (χ4v) is 3.63. The van der Waals surface area contributed by atoms with Crippen molar-refractivity contribution < 1.29 is 12.6 Å². The van der Waals surface area contributed by atoms with Crippen molar-refractivity contribution >= 4 is 10.1 Å². The lowest BCUT2D eigenvalue weighted by Crippen LogP contribution is -2.32. The van der Waals surface area contributed by atoms with Crippen molar-refractivity contribution in [3.8, 4) is 0 Å². The SMILES string of the molecule is C=C(C)[C@H]1C=CC(C)(OS(=O)(=O)c2ccc(C)cc2)CC1. The smallest absolute Gasteiger partial charge is 0.256 e. The molecule has 0 bridgehead atoms. The number of aryl methyl sites for hydroxylation is 1. The first-order chi connectivity index (χ1) is 9.72. The topological polar surface area (TPSA) is 43.4 Å². The van der Waals surface area contributed by atoms with Gasteiger partial charge in [0.05, 0.1) is 4.90 Å². The molecule has 0 heterocycles. The predicted molar refractivity (Wildman–Crippen MR) is 84.5 cm³/mol. The van der Waals surface area contributed by atoms with Gasteiger partial charge in [-0.2, -0.15) is 8.42 Å². The van der Waals surface area contributed by atoms with Gasteiger partial charge in [-0.05, 0) is 51.7 Å². The van der Waals surface area contributed by atoms with E-state index in [2.05, 4.69) is 6.58 Å². The standard InChI is InChI=1S/C17H22O3S/c1-13(2)15-9-11-17(4,12-10-15)20-21(18,19)16-7-5-14(3)6-8-16/h5-9,11,15H,1,10,12H2,2-4H3/t15-,17?/m0/s1. The number of allylic oxidation sites excluding steroid dienone is 2. The molecule has 0 fully saturated rings. The molecule has 0 amide bonds. The lowest BCUT2D eigenvalue weighted by atomic mass is 9.83. The maximum Gasteiger partial charge on any atom is 0.297 e. The van der Waals surface area contributed by atoms with Gasteiger partial charge < -0.3 is 0 Å². The molecule has 0 saturated carbocycles. The molecule has 3 nitrogen and oxygen atoms in total. The molecule has 1 aliphatic carbocycles. The third-order valence-corrected chi connectivity index (χ3v) is 5.33. The molecular weight excluding hydrogens is 284 g/mol. The third-order valence-electron chi connectivity index (χ3n) is 3.88. The number of benzene rings is 1. The Labute approximate surface area is 127 Å². The Morgan fingerprint density at radius 2 is 1.95 bits per heavy atom. The highest BCUT2D eigenvalue weighted by atomic mass is 32.2. The largest absolute Gasteiger partial charge is 0.297 e. The highest BCUT2D eigenvalue weighted by Crippen LogP contribution is 2.34. The average Bonchev–Trinajstić information content (AvgIpc) is 2.38. The van der Waals surface area contributed by atoms with Gasteiger partial charge in [0.1, 0.15) is 5.60 Å². The van der Waals surface area contributed by atoms with Crippen LogP contribution in [0.4, 0.5) is 0 Å². The summed E-state index contributed by atoms with van der Waals surface area (Å²) in [6.45, 7) is 9.66. The first kappa shape index (κ1) is 16.0. The third kappa shape index (κ3) is 3.83. The molecule has 1 aliphatic rings. The van der Waals surface area contributed by atoms with E-state index >= 15 is 0 Å². The molecule has 2 rings (SSSR count). The Morgan fingerprint density at radius 3 is 2.43 bits per heavy atom. The zero-order chi connectivity index (χ0) is 15.7. The fraction of sp³-hybridized carbons (Fsp3) is 0.412. The van der Waals surface area contributed by atoms with Crippen molar-refractivity contribution in [3.63, 3.8) is 0 Å². The minimum atomic E-state index is -3.75. The summed E-state index contributed by atoms with van der Waals surface area (Å²) in [6, 6.07) is 6.70. The van der Waals surface area contributed by atoms with Gasteiger partial charge in [0.2, 0.25) is 0 Å². The van der Waals surface area contributed by atoms with E-state index in [1.165, 1.54) is 0 Å². The summed E-state index contributed by atoms with van der Waals surface area (Å²) in [5.74, 6) is 0.309. The van der Waals surface area contributed by atoms with Crippen LogP contribution in [0, 0.1) is 12.8 Å². The lowest BCUT2D eigenvalue weighted by Gasteiger charge is -2.31. The Bertz CT molecular complexity index is 656. The molecule has 0 radical (unpaired) electrons. The molecule has 0 spiro atoms. The van der Waals surface area contributed by atoms with Crippen molar-refractivity contribution in [2.45, 2.75) is 44.1 Å². The molecule has 0 saturated heterocycles. The summed E-state index contributed by atoms with van der Waals surface area (Å²) < 4.78 is 30.2. The molecule has 0 N–H and O–H groups in total. The summed E-state index contributed by atoms with van der Waals surface area (Å²) >= 11 is 0. The van der Waals surface area contributed by atoms with Crippen molar-refractivity contribution in [2.24, 2.45) is 5.92 Å². The van der Waals surface area contributed by atoms with Gasteiger partial charge >= 0.3 is 0 Å². The van der Waals surface area contributed by atoms with Gasteiger partial charge in [-0.25, -0.2) is 0 Å². The van der Waals surface area contributed by atoms with Crippen LogP contribution in [0.1, 0.15) is 32.3 Å². The molecule has 2 atom stereocenters. The van der Waals surface area contributed by atoms with E-state index in [0.717, 1.165) is 17.6 Å². The second-order valence-electron chi connectivity index (χ2n) is 6.01. The molecule has 0 aliphatic heterocycles. The van der Waals surface area contributed by atoms with E-state index in [4.69, 9.17) is 4.18 Å². The first-order valence-electron chi connectivity index (χ1n) is 7.09. The normalized spacial score (nSPS) is 25.8. The van der Waals surface area contributed by atoms with Crippen LogP contribution in [-0.2, 0) is 14.3 Å². The molecular formula is C17H22O3S. The molecule has 21 heavy (non-hydrogen) atoms. The summed E-state index contributed by atoms with van der Waals surface area (Å²) in [6.07, 6.45) is 5.36. The van der Waals surface area contributed by atoms with E-state index < -0.39 is 15.7 Å². The summed E-state index contributed by atoms with van der Waals surface area (Å²) in [5.41, 5.74) is 1.33. The molecule has 114 valence electrons. The van der Waals surface area contributed by atoms with Gasteiger partial charge in [0.25, 0.3) is 10.1 Å². The minimum absolute atomic E-state index is 0.199. The number of rotatable bonds is 4. The van der Waals surface area contributed by atoms with Crippen LogP contribution < -0.4 is 0 Å². The van der Waals surface area contributed by atoms with Gasteiger partial charge in [0, 0.05) is 0 Å². The summed E-state index contributed by atoms with van der Waals surface area (Å²) in [4.78, 5) is 0.199. The van der Waals surface area contributed by atoms with Gasteiger partial charge in [-0.3, -0.25) is 4.18 Å². The maximum absolute atomic E-state index is 12.4. The van der Waals surface area contributed by atoms with Crippen molar-refractivity contribution in [3.05, 3.63) is 54.1 Å². The zero-order valence-corrected chi connectivity index (χ0v) is 13.6. The second kappa shape index (κ2) is 5.78. The number of hydrogen-bond acceptors (Lipinski definition) is 3. The quantitative estimate of drug-likeness (QED) is 0.624. The van der Waals surface area contributed by atoms with E-state index in [9.17, 15) is 8.42 Å². The van der Waals surface area contributed by atoms with Crippen LogP contribution in [-0.4, -0.2) is 14.0 Å². The average molecular weight is 306 g/mol. The van der Waals surface area contributed by atoms with Gasteiger partial charge in [-0.1, -0.05) is 42.0 Å². The van der Waals surface area contributed by atoms with Crippen LogP contribution in [0.5, 0.6) is 0 Å². The fourth-order valence-electron chi connectivity index (χ4n) is 2.43.